The number of fused-ring (bicyclic) bond motifs is 1. The summed E-state index contributed by atoms with van der Waals surface area (Å²) in [4.78, 5) is 10.9. The van der Waals surface area contributed by atoms with Crippen LogP contribution in [0.25, 0.3) is 10.2 Å². The Morgan fingerprint density at radius 1 is 1.43 bits per heavy atom. The zero-order valence-corrected chi connectivity index (χ0v) is 13.7. The predicted molar refractivity (Wildman–Crippen MR) is 85.4 cm³/mol. The standard InChI is InChI=1S/C13H18N4O2S2/c1-9-7-20-12-11(9)14-8-15-13(12)17-5-3-4-10(6-17)16-21(2,18)19/h7-8,10,16H,3-6H2,1-2H3. The highest BCUT2D eigenvalue weighted by molar-refractivity contribution is 7.88. The fourth-order valence-corrected chi connectivity index (χ4v) is 4.57. The van der Waals surface area contributed by atoms with E-state index in [-0.39, 0.29) is 6.04 Å². The Kier molecular flexibility index (Phi) is 3.85. The Labute approximate surface area is 128 Å². The van der Waals surface area contributed by atoms with Crippen LogP contribution in [0.15, 0.2) is 11.7 Å². The van der Waals surface area contributed by atoms with Gasteiger partial charge < -0.3 is 4.90 Å². The summed E-state index contributed by atoms with van der Waals surface area (Å²) in [7, 11) is -3.17. The zero-order chi connectivity index (χ0) is 15.0. The largest absolute Gasteiger partial charge is 0.354 e. The van der Waals surface area contributed by atoms with Gasteiger partial charge >= 0.3 is 0 Å². The third-order valence-electron chi connectivity index (χ3n) is 3.61. The molecular weight excluding hydrogens is 308 g/mol. The smallest absolute Gasteiger partial charge is 0.209 e. The summed E-state index contributed by atoms with van der Waals surface area (Å²) in [6, 6.07) is -0.0557. The van der Waals surface area contributed by atoms with Crippen molar-refractivity contribution in [2.75, 3.05) is 24.2 Å². The molecule has 3 rings (SSSR count). The minimum atomic E-state index is -3.17. The van der Waals surface area contributed by atoms with E-state index >= 15 is 0 Å². The Morgan fingerprint density at radius 3 is 3.00 bits per heavy atom. The maximum Gasteiger partial charge on any atom is 0.209 e. The molecule has 6 nitrogen and oxygen atoms in total. The van der Waals surface area contributed by atoms with Crippen LogP contribution in [0.5, 0.6) is 0 Å². The molecule has 0 aromatic carbocycles. The van der Waals surface area contributed by atoms with Gasteiger partial charge in [0.2, 0.25) is 10.0 Å². The molecule has 1 saturated heterocycles. The average molecular weight is 326 g/mol. The molecule has 0 aliphatic carbocycles. The van der Waals surface area contributed by atoms with E-state index in [2.05, 4.69) is 25.0 Å². The Morgan fingerprint density at radius 2 is 2.24 bits per heavy atom. The van der Waals surface area contributed by atoms with Crippen LogP contribution in [0, 0.1) is 6.92 Å². The summed E-state index contributed by atoms with van der Waals surface area (Å²) in [5.74, 6) is 0.915. The second kappa shape index (κ2) is 5.51. The number of thiophene rings is 1. The highest BCUT2D eigenvalue weighted by Crippen LogP contribution is 2.32. The van der Waals surface area contributed by atoms with Crippen LogP contribution in [0.4, 0.5) is 5.82 Å². The molecule has 114 valence electrons. The number of anilines is 1. The summed E-state index contributed by atoms with van der Waals surface area (Å²) in [6.45, 7) is 3.58. The summed E-state index contributed by atoms with van der Waals surface area (Å²) in [5, 5.41) is 2.08. The van der Waals surface area contributed by atoms with E-state index in [1.54, 1.807) is 17.7 Å². The molecule has 8 heteroatoms. The maximum atomic E-state index is 11.4. The monoisotopic (exact) mass is 326 g/mol. The van der Waals surface area contributed by atoms with Crippen LogP contribution in [-0.2, 0) is 10.0 Å². The van der Waals surface area contributed by atoms with Crippen LogP contribution < -0.4 is 9.62 Å². The number of nitrogens with zero attached hydrogens (tertiary/aromatic N) is 3. The Bertz CT molecular complexity index is 757. The summed E-state index contributed by atoms with van der Waals surface area (Å²) >= 11 is 1.64. The first-order valence-corrected chi connectivity index (χ1v) is 9.62. The fourth-order valence-electron chi connectivity index (χ4n) is 2.75. The quantitative estimate of drug-likeness (QED) is 0.925. The molecule has 1 fully saturated rings. The van der Waals surface area contributed by atoms with Gasteiger partial charge in [0.25, 0.3) is 0 Å². The van der Waals surface area contributed by atoms with Gasteiger partial charge in [-0.25, -0.2) is 23.1 Å². The molecule has 1 aliphatic rings. The van der Waals surface area contributed by atoms with Gasteiger partial charge in [-0.3, -0.25) is 0 Å². The summed E-state index contributed by atoms with van der Waals surface area (Å²) < 4.78 is 26.6. The van der Waals surface area contributed by atoms with Crippen LogP contribution in [-0.4, -0.2) is 43.8 Å². The van der Waals surface area contributed by atoms with Crippen LogP contribution >= 0.6 is 11.3 Å². The number of piperidine rings is 1. The van der Waals surface area contributed by atoms with Gasteiger partial charge in [0.1, 0.15) is 12.1 Å². The summed E-state index contributed by atoms with van der Waals surface area (Å²) in [5.41, 5.74) is 2.14. The van der Waals surface area contributed by atoms with Crippen molar-refractivity contribution >= 4 is 37.4 Å². The number of rotatable bonds is 3. The van der Waals surface area contributed by atoms with Gasteiger partial charge in [0.05, 0.1) is 16.5 Å². The van der Waals surface area contributed by atoms with Crippen molar-refractivity contribution in [2.24, 2.45) is 0 Å². The highest BCUT2D eigenvalue weighted by Gasteiger charge is 2.25. The number of aromatic nitrogens is 2. The van der Waals surface area contributed by atoms with Crippen molar-refractivity contribution in [3.8, 4) is 0 Å². The van der Waals surface area contributed by atoms with Gasteiger partial charge in [0.15, 0.2) is 0 Å². The number of sulfonamides is 1. The average Bonchev–Trinajstić information content (AvgIpc) is 2.79. The second-order valence-electron chi connectivity index (χ2n) is 5.47. The molecule has 1 atom stereocenters. The van der Waals surface area contributed by atoms with Crippen molar-refractivity contribution in [2.45, 2.75) is 25.8 Å². The number of aryl methyl sites for hydroxylation is 1. The number of nitrogens with one attached hydrogen (secondary N) is 1. The fraction of sp³-hybridized carbons (Fsp3) is 0.538. The molecule has 0 spiro atoms. The van der Waals surface area contributed by atoms with Crippen molar-refractivity contribution in [1.29, 1.82) is 0 Å². The molecule has 21 heavy (non-hydrogen) atoms. The molecule has 0 saturated carbocycles. The minimum absolute atomic E-state index is 0.0557. The van der Waals surface area contributed by atoms with Gasteiger partial charge in [0, 0.05) is 19.1 Å². The topological polar surface area (TPSA) is 75.2 Å². The molecule has 0 bridgehead atoms. The Balaban J connectivity index is 1.88. The second-order valence-corrected chi connectivity index (χ2v) is 8.13. The Hall–Kier alpha value is -1.25. The first-order chi connectivity index (χ1) is 9.94. The molecule has 1 unspecified atom stereocenters. The van der Waals surface area contributed by atoms with Crippen molar-refractivity contribution < 1.29 is 8.42 Å². The lowest BCUT2D eigenvalue weighted by atomic mass is 10.1. The molecule has 3 heterocycles. The lowest BCUT2D eigenvalue weighted by molar-refractivity contribution is 0.466. The molecule has 2 aromatic rings. The number of hydrogen-bond donors (Lipinski definition) is 1. The molecular formula is C13H18N4O2S2. The minimum Gasteiger partial charge on any atom is -0.354 e. The van der Waals surface area contributed by atoms with E-state index in [9.17, 15) is 8.42 Å². The van der Waals surface area contributed by atoms with E-state index in [0.717, 1.165) is 41.0 Å². The van der Waals surface area contributed by atoms with Gasteiger partial charge in [-0.15, -0.1) is 11.3 Å². The first-order valence-electron chi connectivity index (χ1n) is 6.85. The van der Waals surface area contributed by atoms with E-state index in [4.69, 9.17) is 0 Å². The molecule has 0 radical (unpaired) electrons. The number of hydrogen-bond acceptors (Lipinski definition) is 6. The predicted octanol–water partition coefficient (Wildman–Crippen LogP) is 1.52. The van der Waals surface area contributed by atoms with E-state index < -0.39 is 10.0 Å². The lowest BCUT2D eigenvalue weighted by Gasteiger charge is -2.33. The molecule has 2 aromatic heterocycles. The van der Waals surface area contributed by atoms with Gasteiger partial charge in [-0.1, -0.05) is 0 Å². The molecule has 1 N–H and O–H groups in total. The van der Waals surface area contributed by atoms with E-state index in [1.807, 2.05) is 6.92 Å². The maximum absolute atomic E-state index is 11.4. The van der Waals surface area contributed by atoms with Crippen molar-refractivity contribution in [1.82, 2.24) is 14.7 Å². The SMILES string of the molecule is Cc1csc2c(N3CCCC(NS(C)(=O)=O)C3)ncnc12. The van der Waals surface area contributed by atoms with Crippen LogP contribution in [0.1, 0.15) is 18.4 Å². The van der Waals surface area contributed by atoms with E-state index in [0.29, 0.717) is 6.54 Å². The van der Waals surface area contributed by atoms with Crippen molar-refractivity contribution in [3.05, 3.63) is 17.3 Å². The van der Waals surface area contributed by atoms with Gasteiger partial charge in [-0.05, 0) is 30.7 Å². The van der Waals surface area contributed by atoms with Crippen molar-refractivity contribution in [3.63, 3.8) is 0 Å². The lowest BCUT2D eigenvalue weighted by Crippen LogP contribution is -2.47. The molecule has 1 aliphatic heterocycles. The third-order valence-corrected chi connectivity index (χ3v) is 5.46. The highest BCUT2D eigenvalue weighted by atomic mass is 32.2. The van der Waals surface area contributed by atoms with Gasteiger partial charge in [-0.2, -0.15) is 0 Å². The first kappa shape index (κ1) is 14.7. The molecule has 0 amide bonds. The van der Waals surface area contributed by atoms with E-state index in [1.165, 1.54) is 6.26 Å². The zero-order valence-electron chi connectivity index (χ0n) is 12.0. The third kappa shape index (κ3) is 3.17. The van der Waals surface area contributed by atoms with Crippen LogP contribution in [0.2, 0.25) is 0 Å². The normalized spacial score (nSPS) is 20.1. The van der Waals surface area contributed by atoms with Crippen LogP contribution in [0.3, 0.4) is 0 Å². The summed E-state index contributed by atoms with van der Waals surface area (Å²) in [6.07, 6.45) is 4.60.